The molecule has 0 unspecified atom stereocenters. The summed E-state index contributed by atoms with van der Waals surface area (Å²) in [5.41, 5.74) is 0.579. The summed E-state index contributed by atoms with van der Waals surface area (Å²) in [5.74, 6) is 0. The van der Waals surface area contributed by atoms with Gasteiger partial charge in [0.05, 0.1) is 0 Å². The third-order valence-electron chi connectivity index (χ3n) is 0.924. The van der Waals surface area contributed by atoms with Crippen molar-refractivity contribution in [2.75, 3.05) is 0 Å². The van der Waals surface area contributed by atoms with E-state index in [1.807, 2.05) is 30.3 Å². The van der Waals surface area contributed by atoms with E-state index in [2.05, 4.69) is 0 Å². The Kier molecular flexibility index (Phi) is 2.33. The minimum absolute atomic E-state index is 0.579. The van der Waals surface area contributed by atoms with Gasteiger partial charge < -0.3 is 0 Å². The van der Waals surface area contributed by atoms with Crippen LogP contribution in [-0.2, 0) is 11.4 Å². The lowest BCUT2D eigenvalue weighted by atomic mass is 10.4. The molecule has 0 amide bonds. The van der Waals surface area contributed by atoms with Gasteiger partial charge in [0.2, 0.25) is 4.90 Å². The lowest BCUT2D eigenvalue weighted by Crippen LogP contribution is -1.70. The number of hydrogen-bond donors (Lipinski definition) is 0. The molecule has 0 heterocycles. The minimum Gasteiger partial charge on any atom is -0.149 e. The zero-order chi connectivity index (χ0) is 6.53. The van der Waals surface area contributed by atoms with E-state index >= 15 is 0 Å². The van der Waals surface area contributed by atoms with Crippen molar-refractivity contribution in [2.45, 2.75) is 4.90 Å². The van der Waals surface area contributed by atoms with Gasteiger partial charge in [0.1, 0.15) is 0 Å². The van der Waals surface area contributed by atoms with Crippen LogP contribution in [0.25, 0.3) is 0 Å². The van der Waals surface area contributed by atoms with Crippen LogP contribution in [0.1, 0.15) is 0 Å². The summed E-state index contributed by atoms with van der Waals surface area (Å²) in [6.07, 6.45) is 0. The average Bonchev–Trinajstić information content (AvgIpc) is 1.91. The summed E-state index contributed by atoms with van der Waals surface area (Å²) >= 11 is 1.08. The molecule has 1 aromatic carbocycles. The van der Waals surface area contributed by atoms with E-state index in [1.54, 1.807) is 0 Å². The third kappa shape index (κ3) is 1.90. The maximum atomic E-state index is 11.5. The van der Waals surface area contributed by atoms with Gasteiger partial charge in [-0.15, -0.1) is 4.39 Å². The van der Waals surface area contributed by atoms with Gasteiger partial charge in [-0.2, -0.15) is 0 Å². The molecular formula is C7H6FS+. The van der Waals surface area contributed by atoms with Gasteiger partial charge in [-0.05, 0) is 0 Å². The van der Waals surface area contributed by atoms with Gasteiger partial charge in [-0.25, -0.2) is 0 Å². The summed E-state index contributed by atoms with van der Waals surface area (Å²) in [6.45, 7) is 0. The fourth-order valence-corrected chi connectivity index (χ4v) is 0.968. The van der Waals surface area contributed by atoms with E-state index in [1.165, 1.54) is 0 Å². The number of rotatable bonds is 1. The molecule has 0 fully saturated rings. The summed E-state index contributed by atoms with van der Waals surface area (Å²) in [7, 11) is 0. The van der Waals surface area contributed by atoms with Crippen LogP contribution in [0.4, 0.5) is 4.39 Å². The number of benzene rings is 1. The highest BCUT2D eigenvalue weighted by molar-refractivity contribution is 7.77. The monoisotopic (exact) mass is 141 g/mol. The molecule has 0 N–H and O–H groups in total. The first kappa shape index (κ1) is 6.36. The predicted octanol–water partition coefficient (Wildman–Crippen LogP) is 1.86. The van der Waals surface area contributed by atoms with Crippen molar-refractivity contribution >= 4 is 17.0 Å². The molecule has 46 valence electrons. The number of halogens is 1. The van der Waals surface area contributed by atoms with Crippen LogP contribution in [0.5, 0.6) is 0 Å². The maximum absolute atomic E-state index is 11.5. The average molecular weight is 141 g/mol. The topological polar surface area (TPSA) is 0 Å². The van der Waals surface area contributed by atoms with Gasteiger partial charge in [-0.3, -0.25) is 0 Å². The molecule has 0 aliphatic carbocycles. The smallest absolute Gasteiger partial charge is 0.149 e. The van der Waals surface area contributed by atoms with Crippen molar-refractivity contribution in [3.8, 4) is 0 Å². The van der Waals surface area contributed by atoms with Crippen LogP contribution in [0, 0.1) is 0 Å². The van der Waals surface area contributed by atoms with Crippen molar-refractivity contribution in [1.82, 2.24) is 0 Å². The van der Waals surface area contributed by atoms with Crippen LogP contribution in [0.15, 0.2) is 35.2 Å². The first-order valence-electron chi connectivity index (χ1n) is 2.57. The van der Waals surface area contributed by atoms with Crippen molar-refractivity contribution in [1.29, 1.82) is 0 Å². The van der Waals surface area contributed by atoms with E-state index in [-0.39, 0.29) is 0 Å². The molecule has 0 aliphatic rings. The molecule has 0 atom stereocenters. The Morgan fingerprint density at radius 3 is 2.44 bits per heavy atom. The van der Waals surface area contributed by atoms with E-state index in [0.29, 0.717) is 5.62 Å². The quantitative estimate of drug-likeness (QED) is 0.318. The molecular weight excluding hydrogens is 135 g/mol. The second-order valence-electron chi connectivity index (χ2n) is 1.52. The summed E-state index contributed by atoms with van der Waals surface area (Å²) in [6, 6.07) is 9.39. The van der Waals surface area contributed by atoms with Gasteiger partial charge in [0.15, 0.2) is 0 Å². The molecule has 1 rings (SSSR count). The van der Waals surface area contributed by atoms with Gasteiger partial charge >= 0.3 is 5.62 Å². The predicted molar refractivity (Wildman–Crippen MR) is 39.2 cm³/mol. The highest BCUT2D eigenvalue weighted by atomic mass is 32.1. The van der Waals surface area contributed by atoms with E-state index in [4.69, 9.17) is 0 Å². The largest absolute Gasteiger partial charge is 0.342 e. The van der Waals surface area contributed by atoms with Crippen molar-refractivity contribution in [3.05, 3.63) is 30.3 Å². The Morgan fingerprint density at radius 2 is 1.89 bits per heavy atom. The van der Waals surface area contributed by atoms with E-state index in [0.717, 1.165) is 16.2 Å². The Labute approximate surface area is 57.3 Å². The lowest BCUT2D eigenvalue weighted by Gasteiger charge is -1.73. The molecule has 1 aromatic rings. The fraction of sp³-hybridized carbons (Fsp3) is 0. The fourth-order valence-electron chi connectivity index (χ4n) is 0.550. The van der Waals surface area contributed by atoms with Crippen molar-refractivity contribution in [2.24, 2.45) is 0 Å². The molecule has 0 radical (unpaired) electrons. The Morgan fingerprint density at radius 1 is 1.22 bits per heavy atom. The SMILES string of the molecule is FC=[S+]c1ccccc1. The third-order valence-corrected chi connectivity index (χ3v) is 1.56. The second kappa shape index (κ2) is 3.30. The summed E-state index contributed by atoms with van der Waals surface area (Å²) in [5, 5.41) is 0. The Balaban J connectivity index is 2.85. The van der Waals surface area contributed by atoms with Crippen LogP contribution < -0.4 is 0 Å². The Bertz CT molecular complexity index is 193. The normalized spacial score (nSPS) is 10.3. The van der Waals surface area contributed by atoms with Crippen LogP contribution >= 0.6 is 0 Å². The van der Waals surface area contributed by atoms with Gasteiger partial charge in [-0.1, -0.05) is 18.2 Å². The summed E-state index contributed by atoms with van der Waals surface area (Å²) in [4.78, 5) is 0.931. The van der Waals surface area contributed by atoms with Gasteiger partial charge in [0, 0.05) is 12.1 Å². The zero-order valence-corrected chi connectivity index (χ0v) is 5.57. The maximum Gasteiger partial charge on any atom is 0.342 e. The molecule has 0 bridgehead atoms. The van der Waals surface area contributed by atoms with Crippen molar-refractivity contribution < 1.29 is 4.39 Å². The molecule has 0 aliphatic heterocycles. The first-order chi connectivity index (χ1) is 4.43. The highest BCUT2D eigenvalue weighted by Gasteiger charge is 1.95. The minimum atomic E-state index is 0.579. The summed E-state index contributed by atoms with van der Waals surface area (Å²) < 4.78 is 11.5. The molecule has 0 spiro atoms. The zero-order valence-electron chi connectivity index (χ0n) is 4.75. The van der Waals surface area contributed by atoms with Crippen molar-refractivity contribution in [3.63, 3.8) is 0 Å². The molecule has 9 heavy (non-hydrogen) atoms. The lowest BCUT2D eigenvalue weighted by molar-refractivity contribution is 0.862. The molecule has 2 heteroatoms. The van der Waals surface area contributed by atoms with Crippen LogP contribution in [0.3, 0.4) is 0 Å². The van der Waals surface area contributed by atoms with E-state index in [9.17, 15) is 4.39 Å². The van der Waals surface area contributed by atoms with Gasteiger partial charge in [0.25, 0.3) is 11.4 Å². The highest BCUT2D eigenvalue weighted by Crippen LogP contribution is 1.96. The van der Waals surface area contributed by atoms with Crippen LogP contribution in [-0.4, -0.2) is 5.62 Å². The Hall–Kier alpha value is -0.760. The van der Waals surface area contributed by atoms with Crippen LogP contribution in [0.2, 0.25) is 0 Å². The number of hydrogen-bond acceptors (Lipinski definition) is 0. The molecule has 0 aromatic heterocycles. The standard InChI is InChI=1S/C7H6FS/c8-6-9-7-4-2-1-3-5-7/h1-6H/q+1. The molecule has 0 nitrogen and oxygen atoms in total. The van der Waals surface area contributed by atoms with E-state index < -0.39 is 0 Å². The molecule has 0 saturated heterocycles. The second-order valence-corrected chi connectivity index (χ2v) is 2.41. The molecule has 0 saturated carbocycles. The first-order valence-corrected chi connectivity index (χ1v) is 3.45.